The number of hydrogen-bond donors (Lipinski definition) is 10. The summed E-state index contributed by atoms with van der Waals surface area (Å²) in [5, 5.41) is 24.5. The summed E-state index contributed by atoms with van der Waals surface area (Å²) in [5.41, 5.74) is 12.3. The first-order valence-corrected chi connectivity index (χ1v) is 22.6. The van der Waals surface area contributed by atoms with Crippen molar-refractivity contribution in [2.45, 2.75) is 55.7 Å². The molecule has 3 aliphatic rings. The van der Waals surface area contributed by atoms with Crippen LogP contribution in [0.4, 0.5) is 11.6 Å². The van der Waals surface area contributed by atoms with Crippen molar-refractivity contribution in [1.29, 1.82) is 0 Å². The van der Waals surface area contributed by atoms with Crippen molar-refractivity contribution < 1.29 is 89.5 Å². The zero-order valence-corrected chi connectivity index (χ0v) is 32.6. The van der Waals surface area contributed by atoms with Gasteiger partial charge in [-0.3, -0.25) is 18.2 Å². The molecule has 0 aliphatic carbocycles. The number of imidazole rings is 2. The molecule has 0 amide bonds. The first-order chi connectivity index (χ1) is 26.2. The number of phosphoric ester groups is 1. The molecule has 0 saturated carbocycles. The quantitative estimate of drug-likeness (QED) is 0.0725. The van der Waals surface area contributed by atoms with Gasteiger partial charge in [-0.05, 0) is 11.8 Å². The molecule has 6 rings (SSSR count). The number of aromatic nitrogens is 6. The number of aliphatic hydroxyl groups is 2. The van der Waals surface area contributed by atoms with Crippen LogP contribution < -0.4 is 16.8 Å². The Kier molecular flexibility index (Phi) is 12.8. The van der Waals surface area contributed by atoms with Crippen molar-refractivity contribution in [3.63, 3.8) is 0 Å². The van der Waals surface area contributed by atoms with Crippen LogP contribution in [0.3, 0.4) is 0 Å². The number of nitrogens with one attached hydrogen (secondary N) is 1. The molecule has 11 atom stereocenters. The number of aliphatic hydroxyl groups excluding tert-OH is 2. The summed E-state index contributed by atoms with van der Waals surface area (Å²) in [6.07, 6.45) is -8.02. The fourth-order valence-electron chi connectivity index (χ4n) is 5.65. The summed E-state index contributed by atoms with van der Waals surface area (Å²) in [4.78, 5) is 69.1. The molecule has 3 aromatic rings. The van der Waals surface area contributed by atoms with Crippen molar-refractivity contribution in [2.24, 2.45) is 10.7 Å². The first-order valence-electron chi connectivity index (χ1n) is 15.5. The average Bonchev–Trinajstić information content (AvgIpc) is 3.83. The molecule has 0 spiro atoms. The van der Waals surface area contributed by atoms with E-state index in [1.54, 1.807) is 0 Å². The van der Waals surface area contributed by atoms with Crippen molar-refractivity contribution in [3.8, 4) is 0 Å². The summed E-state index contributed by atoms with van der Waals surface area (Å²) < 4.78 is 84.5. The van der Waals surface area contributed by atoms with E-state index in [1.807, 2.05) is 0 Å². The molecule has 0 radical (unpaired) electrons. The van der Waals surface area contributed by atoms with Gasteiger partial charge in [0, 0.05) is 7.11 Å². The maximum absolute atomic E-state index is 12.6. The standard InChI is InChI=1S/C22H34N10O19P4S/c1-43-16-15(49-55(42,56)46-3-10-13(33)14(34)20(47-10)31-6-27-9-2-44-8-29-22(24)30-18(9)31)11(4-45-53(38,39)51-54(40,41)50-52(35,36)37)48-21(16)32-7-28-12-17(23)25-5-26-19(12)32/h5-7,10-11,13-16,20-21,33-34H,2-4,8H2,1H3,(H,38,39)(H,40,41)(H,42,56)(H2,23,25,26)(H3,24,29,30)(H2,35,36,37)/t10-,11-,13-,14-,15-,16-,20-,21-,55?/m1/s1. The van der Waals surface area contributed by atoms with Gasteiger partial charge in [-0.1, -0.05) is 0 Å². The van der Waals surface area contributed by atoms with Gasteiger partial charge in [0.15, 0.2) is 35.7 Å². The summed E-state index contributed by atoms with van der Waals surface area (Å²) in [7, 11) is -16.1. The van der Waals surface area contributed by atoms with Gasteiger partial charge < -0.3 is 74.9 Å². The Bertz CT molecular complexity index is 2140. The lowest BCUT2D eigenvalue weighted by atomic mass is 10.1. The number of nitrogens with zero attached hydrogens (tertiary/aromatic N) is 7. The second kappa shape index (κ2) is 16.6. The van der Waals surface area contributed by atoms with Crippen molar-refractivity contribution in [1.82, 2.24) is 34.4 Å². The number of guanidine groups is 1. The van der Waals surface area contributed by atoms with Crippen molar-refractivity contribution in [2.75, 3.05) is 32.8 Å². The van der Waals surface area contributed by atoms with E-state index in [1.165, 1.54) is 28.9 Å². The minimum atomic E-state index is -5.89. The Morgan fingerprint density at radius 1 is 0.893 bits per heavy atom. The smallest absolute Gasteiger partial charge is 0.387 e. The van der Waals surface area contributed by atoms with E-state index in [9.17, 15) is 38.6 Å². The minimum absolute atomic E-state index is 0.0117. The highest BCUT2D eigenvalue weighted by Crippen LogP contribution is 2.66. The lowest BCUT2D eigenvalue weighted by Crippen LogP contribution is -2.38. The van der Waals surface area contributed by atoms with Crippen molar-refractivity contribution in [3.05, 3.63) is 24.7 Å². The lowest BCUT2D eigenvalue weighted by Gasteiger charge is -2.28. The molecule has 3 aromatic heterocycles. The van der Waals surface area contributed by atoms with Crippen LogP contribution >= 0.6 is 30.2 Å². The highest BCUT2D eigenvalue weighted by molar-refractivity contribution is 8.07. The number of aliphatic imine (C=N–C) groups is 1. The van der Waals surface area contributed by atoms with Crippen LogP contribution in [0.15, 0.2) is 24.0 Å². The molecular weight excluding hydrogens is 864 g/mol. The molecular formula is C22H34N10O19P4S. The van der Waals surface area contributed by atoms with Crippen molar-refractivity contribution >= 4 is 70.8 Å². The van der Waals surface area contributed by atoms with Crippen LogP contribution in [-0.4, -0.2) is 133 Å². The highest BCUT2D eigenvalue weighted by Gasteiger charge is 2.52. The Morgan fingerprint density at radius 2 is 1.59 bits per heavy atom. The first kappa shape index (κ1) is 43.1. The normalized spacial score (nSPS) is 31.3. The van der Waals surface area contributed by atoms with Gasteiger partial charge in [-0.2, -0.15) is 13.6 Å². The fourth-order valence-corrected chi connectivity index (χ4v) is 10.1. The highest BCUT2D eigenvalue weighted by atomic mass is 32.5. The van der Waals surface area contributed by atoms with E-state index in [-0.39, 0.29) is 42.1 Å². The summed E-state index contributed by atoms with van der Waals surface area (Å²) >= 11 is 5.24. The average molecular weight is 899 g/mol. The van der Waals surface area contributed by atoms with E-state index < -0.39 is 92.5 Å². The molecule has 0 aromatic carbocycles. The number of ether oxygens (including phenoxy) is 4. The SMILES string of the molecule is CO[C@@H]1[C@H](OP(O)(=S)OC[C@H]2O[C@@H](n3cnc4c3/N=C(/N)NCOC4)[C@H](O)[C@@H]2O)[C@@H](COP(=O)(O)OP(=O)(O)OP(=O)(O)O)O[C@H]1n1cnc2c(N)ncnc21. The third-order valence-corrected chi connectivity index (χ3v) is 13.3. The van der Waals surface area contributed by atoms with Gasteiger partial charge in [0.25, 0.3) is 0 Å². The number of rotatable bonds is 15. The Balaban J connectivity index is 1.20. The molecule has 3 aliphatic heterocycles. The molecule has 312 valence electrons. The number of methoxy groups -OCH3 is 1. The largest absolute Gasteiger partial charge is 0.490 e. The van der Waals surface area contributed by atoms with Gasteiger partial charge >= 0.3 is 30.2 Å². The summed E-state index contributed by atoms with van der Waals surface area (Å²) in [6.45, 7) is -6.15. The van der Waals surface area contributed by atoms with Gasteiger partial charge in [-0.15, -0.1) is 0 Å². The maximum atomic E-state index is 12.6. The van der Waals surface area contributed by atoms with Crippen LogP contribution in [0.25, 0.3) is 11.2 Å². The second-order valence-electron chi connectivity index (χ2n) is 11.7. The second-order valence-corrected chi connectivity index (χ2v) is 18.9. The molecule has 29 nitrogen and oxygen atoms in total. The maximum Gasteiger partial charge on any atom is 0.490 e. The predicted octanol–water partition coefficient (Wildman–Crippen LogP) is -2.18. The molecule has 34 heteroatoms. The summed E-state index contributed by atoms with van der Waals surface area (Å²) in [6, 6.07) is 0. The third-order valence-electron chi connectivity index (χ3n) is 7.97. The number of fused-ring (bicyclic) bond motifs is 2. The zero-order valence-electron chi connectivity index (χ0n) is 28.2. The monoisotopic (exact) mass is 898 g/mol. The van der Waals surface area contributed by atoms with E-state index in [0.717, 1.165) is 6.33 Å². The zero-order chi connectivity index (χ0) is 40.8. The van der Waals surface area contributed by atoms with Crippen LogP contribution in [0.2, 0.25) is 0 Å². The molecule has 56 heavy (non-hydrogen) atoms. The topological polar surface area (TPSA) is 414 Å². The number of phosphoric acid groups is 3. The molecule has 2 fully saturated rings. The minimum Gasteiger partial charge on any atom is -0.387 e. The van der Waals surface area contributed by atoms with E-state index in [4.69, 9.17) is 65.6 Å². The van der Waals surface area contributed by atoms with Crippen LogP contribution in [0.5, 0.6) is 0 Å². The number of hydrogen-bond acceptors (Lipinski definition) is 23. The molecule has 0 bridgehead atoms. The van der Waals surface area contributed by atoms with Gasteiger partial charge in [0.05, 0.1) is 32.5 Å². The van der Waals surface area contributed by atoms with E-state index in [0.29, 0.717) is 5.69 Å². The number of anilines is 1. The Morgan fingerprint density at radius 3 is 2.30 bits per heavy atom. The lowest BCUT2D eigenvalue weighted by molar-refractivity contribution is -0.0577. The third kappa shape index (κ3) is 9.86. The molecule has 3 unspecified atom stereocenters. The molecule has 2 saturated heterocycles. The predicted molar refractivity (Wildman–Crippen MR) is 184 cm³/mol. The summed E-state index contributed by atoms with van der Waals surface area (Å²) in [5.74, 6) is 0.124. The van der Waals surface area contributed by atoms with Gasteiger partial charge in [-0.25, -0.2) is 33.6 Å². The molecule has 6 heterocycles. The van der Waals surface area contributed by atoms with E-state index in [2.05, 4.69) is 38.9 Å². The van der Waals surface area contributed by atoms with Gasteiger partial charge in [0.1, 0.15) is 60.9 Å². The number of nitrogens with two attached hydrogens (primary N) is 2. The van der Waals surface area contributed by atoms with E-state index >= 15 is 0 Å². The Labute approximate surface area is 318 Å². The Hall–Kier alpha value is -2.47. The number of nitrogen functional groups attached to an aromatic ring is 1. The van der Waals surface area contributed by atoms with Gasteiger partial charge in [0.2, 0.25) is 0 Å². The fraction of sp³-hybridized carbons (Fsp3) is 0.591. The van der Waals surface area contributed by atoms with Crippen LogP contribution in [-0.2, 0) is 73.2 Å². The molecule has 12 N–H and O–H groups in total. The van der Waals surface area contributed by atoms with Crippen LogP contribution in [0, 0.1) is 0 Å². The van der Waals surface area contributed by atoms with Crippen LogP contribution in [0.1, 0.15) is 18.1 Å².